The number of amides is 1. The quantitative estimate of drug-likeness (QED) is 0.369. The van der Waals surface area contributed by atoms with Crippen LogP contribution in [0.4, 0.5) is 5.69 Å². The van der Waals surface area contributed by atoms with E-state index in [1.54, 1.807) is 42.5 Å². The summed E-state index contributed by atoms with van der Waals surface area (Å²) in [5.74, 6) is -0.559. The van der Waals surface area contributed by atoms with Crippen LogP contribution < -0.4 is 5.32 Å². The lowest BCUT2D eigenvalue weighted by molar-refractivity contribution is -0.113. The first kappa shape index (κ1) is 21.2. The molecule has 1 amide bonds. The fourth-order valence-electron chi connectivity index (χ4n) is 4.47. The third-order valence-corrected chi connectivity index (χ3v) is 7.04. The van der Waals surface area contributed by atoms with Crippen molar-refractivity contribution in [2.75, 3.05) is 11.1 Å². The molecule has 2 heterocycles. The van der Waals surface area contributed by atoms with Crippen molar-refractivity contribution in [2.45, 2.75) is 12.1 Å². The van der Waals surface area contributed by atoms with Crippen molar-refractivity contribution in [3.8, 4) is 0 Å². The highest BCUT2D eigenvalue weighted by Gasteiger charge is 2.29. The van der Waals surface area contributed by atoms with Crippen LogP contribution >= 0.6 is 11.8 Å². The van der Waals surface area contributed by atoms with Crippen LogP contribution in [0.2, 0.25) is 0 Å². The Labute approximate surface area is 204 Å². The predicted molar refractivity (Wildman–Crippen MR) is 134 cm³/mol. The molecule has 0 fully saturated rings. The van der Waals surface area contributed by atoms with E-state index in [0.29, 0.717) is 33.1 Å². The zero-order chi connectivity index (χ0) is 24.1. The summed E-state index contributed by atoms with van der Waals surface area (Å²) in [6, 6.07) is 21.6. The number of carbonyl (C=O) groups excluding carboxylic acids is 3. The standard InChI is InChI=1S/C27H18N4O3S/c1-15-12-23-29-30-27(31(23)22-9-5-4-6-17(15)22)35-14-24(32)28-16-10-11-20-21(13-16)26(34)19-8-3-2-7-18(19)25(20)33/h2-13H,14H2,1H3,(H,28,32). The van der Waals surface area contributed by atoms with Crippen molar-refractivity contribution in [1.29, 1.82) is 0 Å². The zero-order valence-corrected chi connectivity index (χ0v) is 19.4. The maximum atomic E-state index is 12.9. The number of anilines is 1. The number of nitrogens with zero attached hydrogens (tertiary/aromatic N) is 3. The van der Waals surface area contributed by atoms with E-state index in [1.807, 2.05) is 41.7 Å². The lowest BCUT2D eigenvalue weighted by atomic mass is 9.84. The Balaban J connectivity index is 1.23. The van der Waals surface area contributed by atoms with Gasteiger partial charge in [0, 0.05) is 33.3 Å². The summed E-state index contributed by atoms with van der Waals surface area (Å²) in [5, 5.41) is 13.1. The molecule has 0 atom stereocenters. The topological polar surface area (TPSA) is 93.4 Å². The zero-order valence-electron chi connectivity index (χ0n) is 18.6. The molecule has 170 valence electrons. The van der Waals surface area contributed by atoms with Crippen molar-refractivity contribution >= 4 is 51.5 Å². The summed E-state index contributed by atoms with van der Waals surface area (Å²) < 4.78 is 1.95. The molecule has 0 saturated heterocycles. The van der Waals surface area contributed by atoms with Crippen LogP contribution in [0.1, 0.15) is 37.4 Å². The van der Waals surface area contributed by atoms with Gasteiger partial charge in [-0.25, -0.2) is 0 Å². The first-order valence-electron chi connectivity index (χ1n) is 11.0. The highest BCUT2D eigenvalue weighted by molar-refractivity contribution is 7.99. The first-order valence-corrected chi connectivity index (χ1v) is 12.0. The minimum absolute atomic E-state index is 0.107. The second kappa shape index (κ2) is 8.18. The molecule has 0 radical (unpaired) electrons. The van der Waals surface area contributed by atoms with Gasteiger partial charge in [-0.05, 0) is 42.8 Å². The summed E-state index contributed by atoms with van der Waals surface area (Å²) in [4.78, 5) is 38.5. The summed E-state index contributed by atoms with van der Waals surface area (Å²) in [6.45, 7) is 2.03. The van der Waals surface area contributed by atoms with Crippen LogP contribution in [0.5, 0.6) is 0 Å². The van der Waals surface area contributed by atoms with Gasteiger partial charge in [-0.15, -0.1) is 10.2 Å². The normalized spacial score (nSPS) is 12.6. The van der Waals surface area contributed by atoms with E-state index in [0.717, 1.165) is 22.1 Å². The Morgan fingerprint density at radius 2 is 1.54 bits per heavy atom. The third kappa shape index (κ3) is 3.50. The molecule has 1 N–H and O–H groups in total. The first-order chi connectivity index (χ1) is 17.0. The smallest absolute Gasteiger partial charge is 0.234 e. The van der Waals surface area contributed by atoms with Crippen LogP contribution in [0.15, 0.2) is 78.0 Å². The van der Waals surface area contributed by atoms with Gasteiger partial charge < -0.3 is 5.32 Å². The molecule has 0 unspecified atom stereocenters. The monoisotopic (exact) mass is 478 g/mol. The summed E-state index contributed by atoms with van der Waals surface area (Å²) >= 11 is 1.28. The highest BCUT2D eigenvalue weighted by atomic mass is 32.2. The van der Waals surface area contributed by atoms with Crippen LogP contribution in [0.3, 0.4) is 0 Å². The van der Waals surface area contributed by atoms with Gasteiger partial charge >= 0.3 is 0 Å². The summed E-state index contributed by atoms with van der Waals surface area (Å²) in [5.41, 5.74) is 4.70. The molecule has 5 aromatic rings. The van der Waals surface area contributed by atoms with Crippen LogP contribution in [0, 0.1) is 6.92 Å². The average molecular weight is 479 g/mol. The molecular formula is C27H18N4O3S. The Kier molecular flexibility index (Phi) is 4.96. The molecule has 0 saturated carbocycles. The number of hydrogen-bond acceptors (Lipinski definition) is 6. The van der Waals surface area contributed by atoms with Crippen LogP contribution in [0.25, 0.3) is 16.6 Å². The number of benzene rings is 3. The fourth-order valence-corrected chi connectivity index (χ4v) is 5.22. The van der Waals surface area contributed by atoms with Crippen LogP contribution in [-0.4, -0.2) is 37.8 Å². The number of carbonyl (C=O) groups is 3. The van der Waals surface area contributed by atoms with Gasteiger partial charge in [0.1, 0.15) is 0 Å². The molecule has 1 aliphatic carbocycles. The van der Waals surface area contributed by atoms with Crippen molar-refractivity contribution in [3.63, 3.8) is 0 Å². The molecule has 35 heavy (non-hydrogen) atoms. The van der Waals surface area contributed by atoms with Gasteiger partial charge in [-0.1, -0.05) is 54.2 Å². The van der Waals surface area contributed by atoms with Crippen molar-refractivity contribution in [2.24, 2.45) is 0 Å². The van der Waals surface area contributed by atoms with E-state index in [2.05, 4.69) is 15.5 Å². The van der Waals surface area contributed by atoms with Gasteiger partial charge in [0.2, 0.25) is 5.91 Å². The highest BCUT2D eigenvalue weighted by Crippen LogP contribution is 2.30. The molecule has 3 aromatic carbocycles. The summed E-state index contributed by atoms with van der Waals surface area (Å²) in [6.07, 6.45) is 0. The van der Waals surface area contributed by atoms with E-state index in [4.69, 9.17) is 0 Å². The molecular weight excluding hydrogens is 460 g/mol. The fraction of sp³-hybridized carbons (Fsp3) is 0.0741. The molecule has 1 aliphatic rings. The predicted octanol–water partition coefficient (Wildman–Crippen LogP) is 4.70. The number of pyridine rings is 1. The van der Waals surface area contributed by atoms with E-state index in [9.17, 15) is 14.4 Å². The average Bonchev–Trinajstić information content (AvgIpc) is 3.29. The molecule has 6 rings (SSSR count). The van der Waals surface area contributed by atoms with Crippen LogP contribution in [-0.2, 0) is 4.79 Å². The van der Waals surface area contributed by atoms with Crippen molar-refractivity contribution < 1.29 is 14.4 Å². The Hall–Kier alpha value is -4.30. The van der Waals surface area contributed by atoms with Gasteiger partial charge in [-0.3, -0.25) is 18.8 Å². The second-order valence-corrected chi connectivity index (χ2v) is 9.26. The Morgan fingerprint density at radius 1 is 0.857 bits per heavy atom. The number of fused-ring (bicyclic) bond motifs is 5. The molecule has 2 aromatic heterocycles. The number of nitrogens with one attached hydrogen (secondary N) is 1. The van der Waals surface area contributed by atoms with E-state index in [-0.39, 0.29) is 23.2 Å². The number of aryl methyl sites for hydroxylation is 1. The van der Waals surface area contributed by atoms with Crippen molar-refractivity contribution in [1.82, 2.24) is 14.6 Å². The number of thioether (sulfide) groups is 1. The largest absolute Gasteiger partial charge is 0.325 e. The number of rotatable bonds is 4. The Morgan fingerprint density at radius 3 is 2.34 bits per heavy atom. The third-order valence-electron chi connectivity index (χ3n) is 6.12. The van der Waals surface area contributed by atoms with Gasteiger partial charge in [0.05, 0.1) is 11.3 Å². The van der Waals surface area contributed by atoms with E-state index < -0.39 is 0 Å². The van der Waals surface area contributed by atoms with Gasteiger partial charge in [-0.2, -0.15) is 0 Å². The number of aromatic nitrogens is 3. The number of hydrogen-bond donors (Lipinski definition) is 1. The van der Waals surface area contributed by atoms with Gasteiger partial charge in [0.15, 0.2) is 22.4 Å². The SMILES string of the molecule is Cc1cc2nnc(SCC(=O)Nc3ccc4c(c3)C(=O)c3ccccc3C4=O)n2c2ccccc12. The van der Waals surface area contributed by atoms with E-state index >= 15 is 0 Å². The maximum Gasteiger partial charge on any atom is 0.234 e. The maximum absolute atomic E-state index is 12.9. The molecule has 7 nitrogen and oxygen atoms in total. The molecule has 0 bridgehead atoms. The lowest BCUT2D eigenvalue weighted by Crippen LogP contribution is -2.21. The van der Waals surface area contributed by atoms with Gasteiger partial charge in [0.25, 0.3) is 0 Å². The minimum atomic E-state index is -0.252. The molecule has 0 spiro atoms. The second-order valence-electron chi connectivity index (χ2n) is 8.32. The summed E-state index contributed by atoms with van der Waals surface area (Å²) in [7, 11) is 0. The van der Waals surface area contributed by atoms with Crippen molar-refractivity contribution in [3.05, 3.63) is 101 Å². The molecule has 8 heteroatoms. The molecule has 0 aliphatic heterocycles. The number of para-hydroxylation sites is 1. The van der Waals surface area contributed by atoms with E-state index in [1.165, 1.54) is 11.8 Å². The lowest BCUT2D eigenvalue weighted by Gasteiger charge is -2.18. The number of ketones is 2. The Bertz CT molecular complexity index is 1710. The minimum Gasteiger partial charge on any atom is -0.325 e.